The molecule has 2 aromatic heterocycles. The van der Waals surface area contributed by atoms with Gasteiger partial charge in [-0.15, -0.1) is 11.3 Å². The highest BCUT2D eigenvalue weighted by molar-refractivity contribution is 7.94. The van der Waals surface area contributed by atoms with Gasteiger partial charge in [-0.3, -0.25) is 14.6 Å². The third-order valence-electron chi connectivity index (χ3n) is 3.93. The minimum absolute atomic E-state index is 0.163. The van der Waals surface area contributed by atoms with Gasteiger partial charge in [-0.25, -0.2) is 8.42 Å². The summed E-state index contributed by atoms with van der Waals surface area (Å²) in [7, 11) is -3.58. The van der Waals surface area contributed by atoms with Crippen LogP contribution in [0.2, 0.25) is 0 Å². The lowest BCUT2D eigenvalue weighted by Crippen LogP contribution is -2.26. The molecule has 11 heteroatoms. The number of nitrogens with zero attached hydrogens (tertiary/aromatic N) is 2. The molecule has 0 aliphatic carbocycles. The summed E-state index contributed by atoms with van der Waals surface area (Å²) in [5.74, 6) is 0.502. The van der Waals surface area contributed by atoms with Crippen molar-refractivity contribution in [3.8, 4) is 0 Å². The molecular formula is C17H19N5O3S3. The van der Waals surface area contributed by atoms with E-state index in [1.807, 2.05) is 11.5 Å². The van der Waals surface area contributed by atoms with E-state index < -0.39 is 10.0 Å². The second-order valence-electron chi connectivity index (χ2n) is 5.88. The van der Waals surface area contributed by atoms with E-state index >= 15 is 0 Å². The predicted molar refractivity (Wildman–Crippen MR) is 110 cm³/mol. The van der Waals surface area contributed by atoms with Crippen LogP contribution in [0.15, 0.2) is 46.0 Å². The Labute approximate surface area is 171 Å². The minimum atomic E-state index is -3.58. The largest absolute Gasteiger partial charge is 0.349 e. The van der Waals surface area contributed by atoms with Crippen LogP contribution in [-0.4, -0.2) is 29.1 Å². The zero-order valence-corrected chi connectivity index (χ0v) is 17.5. The fraction of sp³-hybridized carbons (Fsp3) is 0.235. The van der Waals surface area contributed by atoms with Gasteiger partial charge in [-0.1, -0.05) is 18.2 Å². The van der Waals surface area contributed by atoms with E-state index in [-0.39, 0.29) is 23.1 Å². The zero-order valence-electron chi connectivity index (χ0n) is 15.0. The molecule has 8 nitrogen and oxygen atoms in total. The number of hydrogen-bond acceptors (Lipinski definition) is 6. The van der Waals surface area contributed by atoms with Crippen LogP contribution in [0.1, 0.15) is 18.3 Å². The smallest absolute Gasteiger partial charge is 0.271 e. The number of nitrogens with one attached hydrogen (secondary N) is 3. The van der Waals surface area contributed by atoms with Crippen molar-refractivity contribution in [2.45, 2.75) is 30.6 Å². The van der Waals surface area contributed by atoms with Crippen molar-refractivity contribution >= 4 is 45.2 Å². The number of aromatic amines is 1. The first-order chi connectivity index (χ1) is 13.4. The molecule has 0 spiro atoms. The van der Waals surface area contributed by atoms with E-state index in [2.05, 4.69) is 20.2 Å². The SMILES string of the molecule is CCn1c(CNC(=O)Cc2ccc(NS(=O)(=O)c3cccs3)cc2)n[nH]c1=S. The van der Waals surface area contributed by atoms with Gasteiger partial charge in [-0.2, -0.15) is 5.10 Å². The molecule has 0 atom stereocenters. The van der Waals surface area contributed by atoms with Crippen LogP contribution >= 0.6 is 23.6 Å². The molecule has 1 amide bonds. The summed E-state index contributed by atoms with van der Waals surface area (Å²) in [6.07, 6.45) is 0.176. The number of carbonyl (C=O) groups excluding carboxylic acids is 1. The summed E-state index contributed by atoms with van der Waals surface area (Å²) < 4.78 is 29.5. The summed E-state index contributed by atoms with van der Waals surface area (Å²) in [6.45, 7) is 2.90. The Hall–Kier alpha value is -2.50. The summed E-state index contributed by atoms with van der Waals surface area (Å²) in [5, 5.41) is 11.3. The molecule has 3 N–H and O–H groups in total. The van der Waals surface area contributed by atoms with Crippen molar-refractivity contribution in [2.24, 2.45) is 0 Å². The van der Waals surface area contributed by atoms with Crippen LogP contribution in [0.3, 0.4) is 0 Å². The fourth-order valence-corrected chi connectivity index (χ4v) is 4.88. The molecule has 0 radical (unpaired) electrons. The maximum Gasteiger partial charge on any atom is 0.271 e. The van der Waals surface area contributed by atoms with Crippen LogP contribution in [0, 0.1) is 4.77 Å². The van der Waals surface area contributed by atoms with E-state index in [1.165, 1.54) is 0 Å². The molecule has 148 valence electrons. The highest BCUT2D eigenvalue weighted by atomic mass is 32.2. The maximum atomic E-state index is 12.2. The van der Waals surface area contributed by atoms with E-state index in [0.717, 1.165) is 16.9 Å². The third-order valence-corrected chi connectivity index (χ3v) is 7.02. The Morgan fingerprint density at radius 1 is 1.29 bits per heavy atom. The van der Waals surface area contributed by atoms with E-state index in [0.29, 0.717) is 22.8 Å². The number of rotatable bonds is 8. The quantitative estimate of drug-likeness (QED) is 0.470. The van der Waals surface area contributed by atoms with Crippen molar-refractivity contribution in [3.05, 3.63) is 57.9 Å². The third kappa shape index (κ3) is 4.86. The van der Waals surface area contributed by atoms with Crippen molar-refractivity contribution in [3.63, 3.8) is 0 Å². The highest BCUT2D eigenvalue weighted by Crippen LogP contribution is 2.20. The van der Waals surface area contributed by atoms with Gasteiger partial charge in [0.05, 0.1) is 13.0 Å². The van der Waals surface area contributed by atoms with E-state index in [4.69, 9.17) is 12.2 Å². The van der Waals surface area contributed by atoms with Crippen LogP contribution in [0.25, 0.3) is 0 Å². The molecule has 0 bridgehead atoms. The second kappa shape index (κ2) is 8.67. The topological polar surface area (TPSA) is 109 Å². The number of thiophene rings is 1. The number of amides is 1. The normalized spacial score (nSPS) is 11.3. The first-order valence-corrected chi connectivity index (χ1v) is 11.2. The molecule has 0 fully saturated rings. The number of hydrogen-bond donors (Lipinski definition) is 3. The standard InChI is InChI=1S/C17H19N5O3S3/c1-2-22-14(19-20-17(22)26)11-18-15(23)10-12-5-7-13(8-6-12)21-28(24,25)16-4-3-9-27-16/h3-9,21H,2,10-11H2,1H3,(H,18,23)(H,20,26). The predicted octanol–water partition coefficient (Wildman–Crippen LogP) is 2.68. The van der Waals surface area contributed by atoms with Crippen LogP contribution in [0.5, 0.6) is 0 Å². The molecule has 0 aliphatic rings. The summed E-state index contributed by atoms with van der Waals surface area (Å²) in [6, 6.07) is 9.93. The zero-order chi connectivity index (χ0) is 20.1. The van der Waals surface area contributed by atoms with E-state index in [9.17, 15) is 13.2 Å². The molecule has 28 heavy (non-hydrogen) atoms. The molecule has 2 heterocycles. The van der Waals surface area contributed by atoms with Crippen LogP contribution in [0.4, 0.5) is 5.69 Å². The molecule has 0 saturated carbocycles. The lowest BCUT2D eigenvalue weighted by Gasteiger charge is -2.08. The Balaban J connectivity index is 1.56. The second-order valence-corrected chi connectivity index (χ2v) is 9.12. The number of benzene rings is 1. The highest BCUT2D eigenvalue weighted by Gasteiger charge is 2.15. The van der Waals surface area contributed by atoms with Crippen LogP contribution < -0.4 is 10.0 Å². The Morgan fingerprint density at radius 2 is 2.04 bits per heavy atom. The monoisotopic (exact) mass is 437 g/mol. The minimum Gasteiger partial charge on any atom is -0.349 e. The lowest BCUT2D eigenvalue weighted by molar-refractivity contribution is -0.120. The number of carbonyl (C=O) groups is 1. The average molecular weight is 438 g/mol. The summed E-state index contributed by atoms with van der Waals surface area (Å²) >= 11 is 6.27. The van der Waals surface area contributed by atoms with Gasteiger partial charge in [0.1, 0.15) is 4.21 Å². The van der Waals surface area contributed by atoms with Gasteiger partial charge in [0.2, 0.25) is 5.91 Å². The molecule has 3 aromatic rings. The summed E-state index contributed by atoms with van der Waals surface area (Å²) in [4.78, 5) is 12.2. The van der Waals surface area contributed by atoms with E-state index in [1.54, 1.807) is 41.8 Å². The molecule has 0 unspecified atom stereocenters. The molecule has 3 rings (SSSR count). The summed E-state index contributed by atoms with van der Waals surface area (Å²) in [5.41, 5.74) is 1.21. The van der Waals surface area contributed by atoms with Gasteiger partial charge in [-0.05, 0) is 48.3 Å². The number of H-pyrrole nitrogens is 1. The number of sulfonamides is 1. The Bertz CT molecular complexity index is 1100. The maximum absolute atomic E-state index is 12.2. The van der Waals surface area contributed by atoms with Gasteiger partial charge in [0, 0.05) is 12.2 Å². The first-order valence-electron chi connectivity index (χ1n) is 8.45. The average Bonchev–Trinajstić information content (AvgIpc) is 3.31. The number of aromatic nitrogens is 3. The number of anilines is 1. The van der Waals surface area contributed by atoms with Gasteiger partial charge in [0.25, 0.3) is 10.0 Å². The fourth-order valence-electron chi connectivity index (χ4n) is 2.55. The first kappa shape index (κ1) is 20.2. The molecular weight excluding hydrogens is 418 g/mol. The Kier molecular flexibility index (Phi) is 6.27. The van der Waals surface area contributed by atoms with Gasteiger partial charge < -0.3 is 9.88 Å². The lowest BCUT2D eigenvalue weighted by atomic mass is 10.1. The van der Waals surface area contributed by atoms with Gasteiger partial charge in [0.15, 0.2) is 10.6 Å². The van der Waals surface area contributed by atoms with Crippen molar-refractivity contribution in [1.29, 1.82) is 0 Å². The molecule has 1 aromatic carbocycles. The Morgan fingerprint density at radius 3 is 2.68 bits per heavy atom. The van der Waals surface area contributed by atoms with Crippen LogP contribution in [-0.2, 0) is 34.3 Å². The van der Waals surface area contributed by atoms with Crippen molar-refractivity contribution < 1.29 is 13.2 Å². The van der Waals surface area contributed by atoms with Crippen molar-refractivity contribution in [1.82, 2.24) is 20.1 Å². The molecule has 0 aliphatic heterocycles. The molecule has 0 saturated heterocycles. The van der Waals surface area contributed by atoms with Gasteiger partial charge >= 0.3 is 0 Å². The van der Waals surface area contributed by atoms with Crippen molar-refractivity contribution in [2.75, 3.05) is 4.72 Å².